The predicted molar refractivity (Wildman–Crippen MR) is 143 cm³/mol. The van der Waals surface area contributed by atoms with Crippen LogP contribution in [0.3, 0.4) is 0 Å². The molecule has 0 bridgehead atoms. The number of hydrogen-bond acceptors (Lipinski definition) is 1. The average molecular weight is 437 g/mol. The maximum Gasteiger partial charge on any atom is 0.0541 e. The number of anilines is 2. The number of hydrogen-bond donors (Lipinski definition) is 0. The third kappa shape index (κ3) is 2.96. The zero-order valence-corrected chi connectivity index (χ0v) is 18.9. The molecule has 5 aromatic carbocycles. The Morgan fingerprint density at radius 1 is 0.471 bits per heavy atom. The minimum Gasteiger partial charge on any atom is -0.341 e. The van der Waals surface area contributed by atoms with Crippen LogP contribution in [-0.4, -0.2) is 11.1 Å². The molecule has 0 atom stereocenters. The molecule has 162 valence electrons. The summed E-state index contributed by atoms with van der Waals surface area (Å²) in [5.74, 6) is 0. The second-order valence-corrected chi connectivity index (χ2v) is 8.99. The van der Waals surface area contributed by atoms with E-state index < -0.39 is 0 Å². The van der Waals surface area contributed by atoms with Crippen molar-refractivity contribution in [2.45, 2.75) is 6.42 Å². The van der Waals surface area contributed by atoms with Gasteiger partial charge >= 0.3 is 0 Å². The number of nitrogens with zero attached hydrogens (tertiary/aromatic N) is 2. The maximum atomic E-state index is 2.42. The van der Waals surface area contributed by atoms with E-state index >= 15 is 0 Å². The minimum absolute atomic E-state index is 1.05. The second kappa shape index (κ2) is 7.64. The topological polar surface area (TPSA) is 8.17 Å². The predicted octanol–water partition coefficient (Wildman–Crippen LogP) is 8.14. The number of benzene rings is 5. The van der Waals surface area contributed by atoms with Crippen LogP contribution >= 0.6 is 0 Å². The molecule has 6 aromatic rings. The van der Waals surface area contributed by atoms with Gasteiger partial charge in [0.25, 0.3) is 0 Å². The fourth-order valence-corrected chi connectivity index (χ4v) is 5.44. The van der Waals surface area contributed by atoms with Gasteiger partial charge in [0.05, 0.1) is 11.0 Å². The molecular weight excluding hydrogens is 412 g/mol. The van der Waals surface area contributed by atoms with Crippen LogP contribution in [0.2, 0.25) is 0 Å². The van der Waals surface area contributed by atoms with Gasteiger partial charge in [0.1, 0.15) is 0 Å². The van der Waals surface area contributed by atoms with Crippen molar-refractivity contribution >= 4 is 33.2 Å². The first kappa shape index (κ1) is 19.2. The molecule has 2 heterocycles. The van der Waals surface area contributed by atoms with Gasteiger partial charge in [-0.1, -0.05) is 78.9 Å². The fraction of sp³-hybridized carbons (Fsp3) is 0.0625. The summed E-state index contributed by atoms with van der Waals surface area (Å²) in [4.78, 5) is 2.42. The van der Waals surface area contributed by atoms with Gasteiger partial charge in [-0.3, -0.25) is 0 Å². The molecule has 1 aliphatic heterocycles. The Balaban J connectivity index is 1.23. The van der Waals surface area contributed by atoms with Crippen molar-refractivity contribution in [1.82, 2.24) is 4.57 Å². The third-order valence-electron chi connectivity index (χ3n) is 7.11. The van der Waals surface area contributed by atoms with E-state index in [-0.39, 0.29) is 0 Å². The summed E-state index contributed by atoms with van der Waals surface area (Å²) in [6.07, 6.45) is 1.11. The molecule has 0 fully saturated rings. The summed E-state index contributed by atoms with van der Waals surface area (Å²) < 4.78 is 2.36. The fourth-order valence-electron chi connectivity index (χ4n) is 5.44. The Morgan fingerprint density at radius 2 is 1.00 bits per heavy atom. The highest BCUT2D eigenvalue weighted by Gasteiger charge is 2.19. The van der Waals surface area contributed by atoms with Crippen molar-refractivity contribution in [1.29, 1.82) is 0 Å². The van der Waals surface area contributed by atoms with Crippen molar-refractivity contribution in [2.24, 2.45) is 0 Å². The molecule has 2 nitrogen and oxygen atoms in total. The first-order valence-electron chi connectivity index (χ1n) is 11.9. The third-order valence-corrected chi connectivity index (χ3v) is 7.11. The molecule has 1 aliphatic rings. The van der Waals surface area contributed by atoms with Crippen molar-refractivity contribution in [3.63, 3.8) is 0 Å². The van der Waals surface area contributed by atoms with Crippen LogP contribution in [0.1, 0.15) is 5.56 Å². The lowest BCUT2D eigenvalue weighted by atomic mass is 10.0. The molecule has 0 saturated heterocycles. The molecular formula is C32H24N2. The van der Waals surface area contributed by atoms with Crippen molar-refractivity contribution in [3.8, 4) is 16.8 Å². The van der Waals surface area contributed by atoms with Gasteiger partial charge in [-0.25, -0.2) is 0 Å². The smallest absolute Gasteiger partial charge is 0.0541 e. The van der Waals surface area contributed by atoms with E-state index in [2.05, 4.69) is 131 Å². The summed E-state index contributed by atoms with van der Waals surface area (Å²) in [6, 6.07) is 44.0. The highest BCUT2D eigenvalue weighted by Crippen LogP contribution is 2.36. The van der Waals surface area contributed by atoms with Gasteiger partial charge < -0.3 is 9.47 Å². The maximum absolute atomic E-state index is 2.42. The number of fused-ring (bicyclic) bond motifs is 4. The lowest BCUT2D eigenvalue weighted by Crippen LogP contribution is -2.12. The molecule has 1 aromatic heterocycles. The lowest BCUT2D eigenvalue weighted by Gasteiger charge is -2.20. The normalized spacial score (nSPS) is 13.0. The van der Waals surface area contributed by atoms with Gasteiger partial charge in [0, 0.05) is 34.4 Å². The van der Waals surface area contributed by atoms with Gasteiger partial charge in [-0.05, 0) is 65.6 Å². The number of para-hydroxylation sites is 3. The first-order valence-corrected chi connectivity index (χ1v) is 11.9. The molecule has 0 spiro atoms. The Bertz CT molecular complexity index is 1590. The van der Waals surface area contributed by atoms with Gasteiger partial charge in [-0.15, -0.1) is 0 Å². The van der Waals surface area contributed by atoms with E-state index in [9.17, 15) is 0 Å². The van der Waals surface area contributed by atoms with Crippen LogP contribution in [0.25, 0.3) is 38.6 Å². The molecule has 0 N–H and O–H groups in total. The highest BCUT2D eigenvalue weighted by atomic mass is 15.2. The Labute approximate surface area is 199 Å². The van der Waals surface area contributed by atoms with E-state index in [0.29, 0.717) is 0 Å². The molecule has 2 heteroatoms. The van der Waals surface area contributed by atoms with Gasteiger partial charge in [0.2, 0.25) is 0 Å². The zero-order valence-electron chi connectivity index (χ0n) is 18.9. The second-order valence-electron chi connectivity index (χ2n) is 8.99. The first-order chi connectivity index (χ1) is 16.9. The highest BCUT2D eigenvalue weighted by molar-refractivity contribution is 6.09. The molecule has 7 rings (SSSR count). The summed E-state index contributed by atoms with van der Waals surface area (Å²) in [6.45, 7) is 1.05. The van der Waals surface area contributed by atoms with Gasteiger partial charge in [-0.2, -0.15) is 0 Å². The van der Waals surface area contributed by atoms with Crippen molar-refractivity contribution < 1.29 is 0 Å². The van der Waals surface area contributed by atoms with Crippen LogP contribution in [0.4, 0.5) is 11.4 Å². The average Bonchev–Trinajstić information content (AvgIpc) is 3.49. The van der Waals surface area contributed by atoms with E-state index in [1.807, 2.05) is 0 Å². The lowest BCUT2D eigenvalue weighted by molar-refractivity contribution is 0.998. The van der Waals surface area contributed by atoms with E-state index in [1.54, 1.807) is 0 Å². The number of rotatable bonds is 3. The summed E-state index contributed by atoms with van der Waals surface area (Å²) in [7, 11) is 0. The molecule has 0 radical (unpaired) electrons. The summed E-state index contributed by atoms with van der Waals surface area (Å²) in [5, 5.41) is 2.59. The van der Waals surface area contributed by atoms with E-state index in [1.165, 1.54) is 55.6 Å². The Morgan fingerprint density at radius 3 is 1.65 bits per heavy atom. The standard InChI is InChI=1S/C32H24N2/c1-4-10-30-25(7-1)21-22-33(30)26-17-13-23(14-18-26)24-15-19-27(20-16-24)34-31-11-5-2-8-28(31)29-9-3-6-12-32(29)34/h1-20H,21-22H2. The summed E-state index contributed by atoms with van der Waals surface area (Å²) >= 11 is 0. The minimum atomic E-state index is 1.05. The Kier molecular flexibility index (Phi) is 4.31. The van der Waals surface area contributed by atoms with Crippen LogP contribution in [0.15, 0.2) is 121 Å². The van der Waals surface area contributed by atoms with Crippen molar-refractivity contribution in [3.05, 3.63) is 127 Å². The van der Waals surface area contributed by atoms with E-state index in [4.69, 9.17) is 0 Å². The molecule has 0 aliphatic carbocycles. The van der Waals surface area contributed by atoms with Crippen LogP contribution < -0.4 is 4.90 Å². The molecule has 0 saturated carbocycles. The summed E-state index contributed by atoms with van der Waals surface area (Å²) in [5.41, 5.74) is 10.2. The number of aromatic nitrogens is 1. The SMILES string of the molecule is c1ccc2c(c1)CCN2c1ccc(-c2ccc(-n3c4ccccc4c4ccccc43)cc2)cc1. The van der Waals surface area contributed by atoms with Crippen LogP contribution in [-0.2, 0) is 6.42 Å². The molecule has 34 heavy (non-hydrogen) atoms. The van der Waals surface area contributed by atoms with Gasteiger partial charge in [0.15, 0.2) is 0 Å². The van der Waals surface area contributed by atoms with Crippen LogP contribution in [0, 0.1) is 0 Å². The van der Waals surface area contributed by atoms with Crippen molar-refractivity contribution in [2.75, 3.05) is 11.4 Å². The quantitative estimate of drug-likeness (QED) is 0.272. The molecule has 0 amide bonds. The largest absolute Gasteiger partial charge is 0.341 e. The Hall–Kier alpha value is -4.30. The molecule has 0 unspecified atom stereocenters. The van der Waals surface area contributed by atoms with E-state index in [0.717, 1.165) is 13.0 Å². The van der Waals surface area contributed by atoms with Crippen LogP contribution in [0.5, 0.6) is 0 Å². The zero-order chi connectivity index (χ0) is 22.5. The monoisotopic (exact) mass is 436 g/mol.